The number of benzene rings is 2. The first kappa shape index (κ1) is 30.1. The van der Waals surface area contributed by atoms with Crippen LogP contribution in [-0.2, 0) is 19.1 Å². The van der Waals surface area contributed by atoms with Crippen molar-refractivity contribution in [2.24, 2.45) is 11.8 Å². The number of esters is 1. The molecule has 3 fully saturated rings. The Morgan fingerprint density at radius 2 is 1.81 bits per heavy atom. The Morgan fingerprint density at radius 1 is 1.12 bits per heavy atom. The second-order valence-electron chi connectivity index (χ2n) is 11.8. The first-order chi connectivity index (χ1) is 20.1. The summed E-state index contributed by atoms with van der Waals surface area (Å²) in [5, 5.41) is 10.8. The number of hydrogen-bond acceptors (Lipinski definition) is 6. The van der Waals surface area contributed by atoms with E-state index in [0.29, 0.717) is 19.3 Å². The molecule has 3 saturated heterocycles. The Bertz CT molecular complexity index is 1380. The summed E-state index contributed by atoms with van der Waals surface area (Å²) in [6, 6.07) is 13.6. The molecule has 5 rings (SSSR count). The molecule has 2 bridgehead atoms. The Kier molecular flexibility index (Phi) is 8.41. The number of nitrogens with zero attached hydrogens (tertiary/aromatic N) is 2. The molecule has 222 valence electrons. The normalized spacial score (nSPS) is 28.3. The molecule has 3 heterocycles. The second-order valence-corrected chi connectivity index (χ2v) is 13.7. The average molecular weight is 589 g/mol. The molecule has 2 unspecified atom stereocenters. The Labute approximate surface area is 252 Å². The maximum absolute atomic E-state index is 15.0. The predicted octanol–water partition coefficient (Wildman–Crippen LogP) is 5.16. The van der Waals surface area contributed by atoms with Crippen molar-refractivity contribution in [2.75, 3.05) is 24.7 Å². The third-order valence-corrected chi connectivity index (χ3v) is 11.2. The maximum Gasteiger partial charge on any atom is 0.311 e. The van der Waals surface area contributed by atoms with Crippen LogP contribution in [0.3, 0.4) is 0 Å². The van der Waals surface area contributed by atoms with Crippen LogP contribution in [0.25, 0.3) is 0 Å². The number of aryl methyl sites for hydroxylation is 2. The number of rotatable bonds is 11. The minimum Gasteiger partial charge on any atom is -0.465 e. The topological polar surface area (TPSA) is 87.1 Å². The lowest BCUT2D eigenvalue weighted by Gasteiger charge is -2.40. The Hall–Kier alpha value is -3.36. The van der Waals surface area contributed by atoms with E-state index < -0.39 is 39.4 Å². The van der Waals surface area contributed by atoms with Crippen molar-refractivity contribution >= 4 is 35.2 Å². The van der Waals surface area contributed by atoms with Crippen LogP contribution in [0.5, 0.6) is 0 Å². The number of ether oxygens (including phenoxy) is 1. The van der Waals surface area contributed by atoms with Crippen LogP contribution in [0.2, 0.25) is 0 Å². The molecule has 0 aromatic heterocycles. The van der Waals surface area contributed by atoms with E-state index in [-0.39, 0.29) is 31.6 Å². The summed E-state index contributed by atoms with van der Waals surface area (Å²) in [4.78, 5) is 46.7. The zero-order valence-corrected chi connectivity index (χ0v) is 25.4. The smallest absolute Gasteiger partial charge is 0.311 e. The number of carbonyl (C=O) groups excluding carboxylic acids is 3. The van der Waals surface area contributed by atoms with Gasteiger partial charge in [0.1, 0.15) is 6.04 Å². The molecule has 3 aliphatic heterocycles. The van der Waals surface area contributed by atoms with Gasteiger partial charge in [-0.3, -0.25) is 14.4 Å². The van der Waals surface area contributed by atoms with Crippen molar-refractivity contribution in [2.45, 2.75) is 61.6 Å². The van der Waals surface area contributed by atoms with E-state index >= 15 is 4.79 Å². The number of aliphatic hydroxyl groups is 1. The van der Waals surface area contributed by atoms with Crippen molar-refractivity contribution in [1.82, 2.24) is 4.90 Å². The summed E-state index contributed by atoms with van der Waals surface area (Å²) in [7, 11) is 0. The summed E-state index contributed by atoms with van der Waals surface area (Å²) in [5.41, 5.74) is 3.41. The molecule has 2 aromatic rings. The molecule has 1 N–H and O–H groups in total. The fourth-order valence-electron chi connectivity index (χ4n) is 7.50. The number of fused-ring (bicyclic) bond motifs is 1. The largest absolute Gasteiger partial charge is 0.465 e. The highest BCUT2D eigenvalue weighted by atomic mass is 32.2. The maximum atomic E-state index is 15.0. The van der Waals surface area contributed by atoms with Crippen LogP contribution in [0.15, 0.2) is 73.8 Å². The van der Waals surface area contributed by atoms with Gasteiger partial charge in [0.2, 0.25) is 5.91 Å². The number of para-hydroxylation sites is 1. The first-order valence-electron chi connectivity index (χ1n) is 14.6. The molecular formula is C34H40N2O5S. The van der Waals surface area contributed by atoms with Gasteiger partial charge in [-0.05, 0) is 56.7 Å². The number of aliphatic hydroxyl groups excluding tert-OH is 1. The molecule has 0 aliphatic carbocycles. The van der Waals surface area contributed by atoms with Gasteiger partial charge in [0.25, 0.3) is 5.91 Å². The predicted molar refractivity (Wildman–Crippen MR) is 166 cm³/mol. The Morgan fingerprint density at radius 3 is 2.43 bits per heavy atom. The molecule has 42 heavy (non-hydrogen) atoms. The van der Waals surface area contributed by atoms with Gasteiger partial charge in [-0.2, -0.15) is 0 Å². The van der Waals surface area contributed by atoms with Crippen LogP contribution in [0.1, 0.15) is 48.9 Å². The minimum absolute atomic E-state index is 0.197. The number of anilines is 1. The highest BCUT2D eigenvalue weighted by Crippen LogP contribution is 2.72. The molecule has 2 aromatic carbocycles. The van der Waals surface area contributed by atoms with Crippen LogP contribution < -0.4 is 4.90 Å². The second kappa shape index (κ2) is 11.7. The van der Waals surface area contributed by atoms with Gasteiger partial charge >= 0.3 is 5.97 Å². The van der Waals surface area contributed by atoms with Gasteiger partial charge in [-0.1, -0.05) is 60.7 Å². The van der Waals surface area contributed by atoms with E-state index in [9.17, 15) is 14.7 Å². The van der Waals surface area contributed by atoms with Crippen molar-refractivity contribution in [3.8, 4) is 0 Å². The van der Waals surface area contributed by atoms with Gasteiger partial charge in [0.15, 0.2) is 0 Å². The standard InChI is InChI=1S/C34H40N2O5S/c1-6-8-20-41-32(40)27-26-30(38)36(25(21-37)24-15-10-9-11-16-24)29(34(26)18-17-33(27,5)42-34)31(39)35(19-7-2)28-22(3)13-12-14-23(28)4/h6-7,9-16,25-27,29,37H,1-2,8,17-21H2,3-5H3/t25-,26+,27-,29?,33+,34?/m1/s1. The molecule has 7 nitrogen and oxygen atoms in total. The van der Waals surface area contributed by atoms with Gasteiger partial charge in [0.05, 0.1) is 35.8 Å². The number of carbonyl (C=O) groups is 3. The van der Waals surface area contributed by atoms with Crippen molar-refractivity contribution < 1.29 is 24.2 Å². The first-order valence-corrected chi connectivity index (χ1v) is 15.4. The average Bonchev–Trinajstić information content (AvgIpc) is 3.54. The van der Waals surface area contributed by atoms with Gasteiger partial charge in [-0.15, -0.1) is 24.9 Å². The molecular weight excluding hydrogens is 548 g/mol. The molecule has 1 spiro atoms. The van der Waals surface area contributed by atoms with Crippen molar-refractivity contribution in [1.29, 1.82) is 0 Å². The van der Waals surface area contributed by atoms with Crippen molar-refractivity contribution in [3.63, 3.8) is 0 Å². The van der Waals surface area contributed by atoms with Crippen LogP contribution in [0, 0.1) is 25.7 Å². The number of likely N-dealkylation sites (tertiary alicyclic amines) is 1. The van der Waals surface area contributed by atoms with Gasteiger partial charge < -0.3 is 19.6 Å². The molecule has 8 heteroatoms. The van der Waals surface area contributed by atoms with Crippen LogP contribution >= 0.6 is 11.8 Å². The van der Waals surface area contributed by atoms with E-state index in [1.165, 1.54) is 0 Å². The third kappa shape index (κ3) is 4.69. The third-order valence-electron chi connectivity index (χ3n) is 9.25. The van der Waals surface area contributed by atoms with Crippen molar-refractivity contribution in [3.05, 3.63) is 90.5 Å². The SMILES string of the molecule is C=CCCOC(=O)[C@H]1[C@H]2C(=O)N([C@H](CO)c3ccccc3)C(C(=O)N(CC=C)c3c(C)cccc3C)C23CC[C@]1(C)S3. The highest BCUT2D eigenvalue weighted by Gasteiger charge is 2.78. The van der Waals surface area contributed by atoms with E-state index in [1.807, 2.05) is 69.3 Å². The van der Waals surface area contributed by atoms with Crippen LogP contribution in [0.4, 0.5) is 5.69 Å². The molecule has 0 radical (unpaired) electrons. The summed E-state index contributed by atoms with van der Waals surface area (Å²) >= 11 is 1.60. The zero-order valence-electron chi connectivity index (χ0n) is 24.6. The summed E-state index contributed by atoms with van der Waals surface area (Å²) in [5.74, 6) is -2.35. The molecule has 3 aliphatic rings. The van der Waals surface area contributed by atoms with E-state index in [2.05, 4.69) is 13.2 Å². The molecule has 6 atom stereocenters. The van der Waals surface area contributed by atoms with Gasteiger partial charge in [0, 0.05) is 17.0 Å². The van der Waals surface area contributed by atoms with Crippen LogP contribution in [-0.4, -0.2) is 63.1 Å². The fourth-order valence-corrected chi connectivity index (χ4v) is 9.82. The number of thioether (sulfide) groups is 1. The van der Waals surface area contributed by atoms with E-state index in [4.69, 9.17) is 4.74 Å². The van der Waals surface area contributed by atoms with E-state index in [0.717, 1.165) is 22.4 Å². The monoisotopic (exact) mass is 588 g/mol. The summed E-state index contributed by atoms with van der Waals surface area (Å²) in [6.45, 7) is 13.7. The fraction of sp³-hybridized carbons (Fsp3) is 0.441. The quantitative estimate of drug-likeness (QED) is 0.222. The number of hydrogen-bond donors (Lipinski definition) is 1. The lowest BCUT2D eigenvalue weighted by molar-refractivity contribution is -0.156. The minimum atomic E-state index is -0.899. The van der Waals surface area contributed by atoms with E-state index in [1.54, 1.807) is 33.7 Å². The number of amides is 2. The highest BCUT2D eigenvalue weighted by molar-refractivity contribution is 8.02. The molecule has 0 saturated carbocycles. The lowest BCUT2D eigenvalue weighted by Crippen LogP contribution is -2.56. The van der Waals surface area contributed by atoms with Gasteiger partial charge in [-0.25, -0.2) is 0 Å². The molecule has 2 amide bonds. The summed E-state index contributed by atoms with van der Waals surface area (Å²) in [6.07, 6.45) is 5.19. The summed E-state index contributed by atoms with van der Waals surface area (Å²) < 4.78 is 4.29. The lowest BCUT2D eigenvalue weighted by atomic mass is 9.66. The zero-order chi connectivity index (χ0) is 30.2. The Balaban J connectivity index is 1.66.